The highest BCUT2D eigenvalue weighted by Crippen LogP contribution is 2.11. The summed E-state index contributed by atoms with van der Waals surface area (Å²) in [6, 6.07) is 9.37. The van der Waals surface area contributed by atoms with Gasteiger partial charge in [-0.3, -0.25) is 30.6 Å². The van der Waals surface area contributed by atoms with Crippen molar-refractivity contribution in [1.29, 1.82) is 0 Å². The zero-order valence-electron chi connectivity index (χ0n) is 10.1. The highest BCUT2D eigenvalue weighted by molar-refractivity contribution is 5.98. The van der Waals surface area contributed by atoms with Crippen LogP contribution in [0.2, 0.25) is 0 Å². The smallest absolute Gasteiger partial charge is 0.287 e. The molecule has 0 saturated carbocycles. The summed E-state index contributed by atoms with van der Waals surface area (Å²) in [5.41, 5.74) is 4.49. The van der Waals surface area contributed by atoms with Crippen LogP contribution in [0.3, 0.4) is 0 Å². The molecule has 2 amide bonds. The number of hydrogen-bond acceptors (Lipinski definition) is 4. The molecule has 0 fully saturated rings. The summed E-state index contributed by atoms with van der Waals surface area (Å²) in [7, 11) is 0. The fourth-order valence-corrected chi connectivity index (χ4v) is 1.46. The predicted octanol–water partition coefficient (Wildman–Crippen LogP) is 0.998. The summed E-state index contributed by atoms with van der Waals surface area (Å²) in [4.78, 5) is 35.6. The average molecular weight is 274 g/mol. The van der Waals surface area contributed by atoms with Crippen LogP contribution in [0.1, 0.15) is 20.8 Å². The van der Waals surface area contributed by atoms with E-state index in [4.69, 9.17) is 0 Å². The SMILES string of the molecule is O=C(NNC(=O)c1cc([N+](=O)[O-])c[nH]1)c1ccccc1. The van der Waals surface area contributed by atoms with Gasteiger partial charge in [0.1, 0.15) is 5.69 Å². The van der Waals surface area contributed by atoms with Gasteiger partial charge < -0.3 is 4.98 Å². The van der Waals surface area contributed by atoms with Crippen molar-refractivity contribution in [1.82, 2.24) is 15.8 Å². The Balaban J connectivity index is 1.95. The number of hydrogen-bond donors (Lipinski definition) is 3. The first kappa shape index (κ1) is 13.3. The number of carbonyl (C=O) groups is 2. The second kappa shape index (κ2) is 5.65. The molecular weight excluding hydrogens is 264 g/mol. The van der Waals surface area contributed by atoms with Crippen molar-refractivity contribution >= 4 is 17.5 Å². The largest absolute Gasteiger partial charge is 0.351 e. The summed E-state index contributed by atoms with van der Waals surface area (Å²) >= 11 is 0. The molecule has 0 unspecified atom stereocenters. The minimum Gasteiger partial charge on any atom is -0.351 e. The summed E-state index contributed by atoms with van der Waals surface area (Å²) in [5, 5.41) is 10.5. The molecule has 2 aromatic rings. The highest BCUT2D eigenvalue weighted by Gasteiger charge is 2.15. The third-order valence-corrected chi connectivity index (χ3v) is 2.45. The van der Waals surface area contributed by atoms with E-state index in [0.29, 0.717) is 5.56 Å². The van der Waals surface area contributed by atoms with E-state index in [2.05, 4.69) is 15.8 Å². The number of H-pyrrole nitrogens is 1. The molecule has 1 heterocycles. The van der Waals surface area contributed by atoms with Gasteiger partial charge in [-0.05, 0) is 12.1 Å². The molecule has 0 bridgehead atoms. The van der Waals surface area contributed by atoms with Crippen molar-refractivity contribution in [2.75, 3.05) is 0 Å². The monoisotopic (exact) mass is 274 g/mol. The molecule has 0 atom stereocenters. The van der Waals surface area contributed by atoms with Gasteiger partial charge in [0.05, 0.1) is 11.1 Å². The van der Waals surface area contributed by atoms with E-state index in [1.54, 1.807) is 30.3 Å². The third kappa shape index (κ3) is 2.99. The second-order valence-corrected chi connectivity index (χ2v) is 3.80. The molecule has 1 aromatic carbocycles. The molecule has 0 radical (unpaired) electrons. The zero-order valence-corrected chi connectivity index (χ0v) is 10.1. The Morgan fingerprint density at radius 3 is 2.35 bits per heavy atom. The van der Waals surface area contributed by atoms with Gasteiger partial charge in [0.15, 0.2) is 0 Å². The van der Waals surface area contributed by atoms with E-state index in [-0.39, 0.29) is 11.4 Å². The van der Waals surface area contributed by atoms with Gasteiger partial charge >= 0.3 is 0 Å². The van der Waals surface area contributed by atoms with E-state index in [1.807, 2.05) is 0 Å². The Labute approximate surface area is 112 Å². The van der Waals surface area contributed by atoms with E-state index in [0.717, 1.165) is 12.3 Å². The van der Waals surface area contributed by atoms with Crippen molar-refractivity contribution in [3.05, 3.63) is 64.0 Å². The van der Waals surface area contributed by atoms with Gasteiger partial charge in [0.25, 0.3) is 17.5 Å². The number of nitrogens with zero attached hydrogens (tertiary/aromatic N) is 1. The first-order chi connectivity index (χ1) is 9.58. The van der Waals surface area contributed by atoms with Crippen LogP contribution in [0.5, 0.6) is 0 Å². The standard InChI is InChI=1S/C12H10N4O4/c17-11(8-4-2-1-3-5-8)14-15-12(18)10-6-9(7-13-10)16(19)20/h1-7,13H,(H,14,17)(H,15,18). The number of benzene rings is 1. The highest BCUT2D eigenvalue weighted by atomic mass is 16.6. The summed E-state index contributed by atoms with van der Waals surface area (Å²) in [6.07, 6.45) is 1.09. The Kier molecular flexibility index (Phi) is 3.75. The molecule has 0 spiro atoms. The lowest BCUT2D eigenvalue weighted by molar-refractivity contribution is -0.384. The maximum atomic E-state index is 11.6. The van der Waals surface area contributed by atoms with Gasteiger partial charge in [0, 0.05) is 11.6 Å². The number of rotatable bonds is 3. The minimum absolute atomic E-state index is 0.0231. The second-order valence-electron chi connectivity index (χ2n) is 3.80. The minimum atomic E-state index is -0.678. The van der Waals surface area contributed by atoms with Crippen LogP contribution < -0.4 is 10.9 Å². The molecule has 3 N–H and O–H groups in total. The number of hydrazine groups is 1. The third-order valence-electron chi connectivity index (χ3n) is 2.45. The number of nitro groups is 1. The van der Waals surface area contributed by atoms with E-state index in [1.165, 1.54) is 0 Å². The molecule has 1 aromatic heterocycles. The first-order valence-electron chi connectivity index (χ1n) is 5.56. The van der Waals surface area contributed by atoms with Crippen molar-refractivity contribution in [3.8, 4) is 0 Å². The molecule has 0 aliphatic carbocycles. The van der Waals surface area contributed by atoms with Crippen molar-refractivity contribution in [3.63, 3.8) is 0 Å². The molecule has 0 aliphatic heterocycles. The van der Waals surface area contributed by atoms with Crippen molar-refractivity contribution < 1.29 is 14.5 Å². The molecule has 20 heavy (non-hydrogen) atoms. The van der Waals surface area contributed by atoms with Crippen LogP contribution in [0, 0.1) is 10.1 Å². The van der Waals surface area contributed by atoms with Crippen LogP contribution in [0.25, 0.3) is 0 Å². The van der Waals surface area contributed by atoms with Crippen LogP contribution in [0.4, 0.5) is 5.69 Å². The van der Waals surface area contributed by atoms with Crippen LogP contribution in [0.15, 0.2) is 42.6 Å². The lowest BCUT2D eigenvalue weighted by Gasteiger charge is -2.05. The molecule has 8 heteroatoms. The maximum absolute atomic E-state index is 11.6. The molecule has 102 valence electrons. The molecule has 2 rings (SSSR count). The van der Waals surface area contributed by atoms with Gasteiger partial charge in [0.2, 0.25) is 0 Å². The molecular formula is C12H10N4O4. The molecule has 0 saturated heterocycles. The number of amides is 2. The summed E-state index contributed by atoms with van der Waals surface area (Å²) in [5.74, 6) is -1.16. The normalized spacial score (nSPS) is 9.80. The van der Waals surface area contributed by atoms with Crippen molar-refractivity contribution in [2.24, 2.45) is 0 Å². The van der Waals surface area contributed by atoms with E-state index in [9.17, 15) is 19.7 Å². The average Bonchev–Trinajstić information content (AvgIpc) is 2.95. The van der Waals surface area contributed by atoms with Crippen LogP contribution >= 0.6 is 0 Å². The Hall–Kier alpha value is -3.16. The van der Waals surface area contributed by atoms with Gasteiger partial charge in [-0.15, -0.1) is 0 Å². The molecule has 8 nitrogen and oxygen atoms in total. The summed E-state index contributed by atoms with van der Waals surface area (Å²) < 4.78 is 0. The molecule has 0 aliphatic rings. The van der Waals surface area contributed by atoms with Crippen LogP contribution in [-0.2, 0) is 0 Å². The maximum Gasteiger partial charge on any atom is 0.287 e. The zero-order chi connectivity index (χ0) is 14.5. The lowest BCUT2D eigenvalue weighted by atomic mass is 10.2. The lowest BCUT2D eigenvalue weighted by Crippen LogP contribution is -2.41. The van der Waals surface area contributed by atoms with E-state index < -0.39 is 16.7 Å². The Bertz CT molecular complexity index is 650. The Morgan fingerprint density at radius 1 is 1.10 bits per heavy atom. The van der Waals surface area contributed by atoms with Gasteiger partial charge in [-0.25, -0.2) is 0 Å². The van der Waals surface area contributed by atoms with E-state index >= 15 is 0 Å². The fraction of sp³-hybridized carbons (Fsp3) is 0. The van der Waals surface area contributed by atoms with Crippen LogP contribution in [-0.4, -0.2) is 21.7 Å². The van der Waals surface area contributed by atoms with Gasteiger partial charge in [-0.2, -0.15) is 0 Å². The number of nitrogens with one attached hydrogen (secondary N) is 3. The number of aromatic amines is 1. The quantitative estimate of drug-likeness (QED) is 0.571. The number of aromatic nitrogens is 1. The Morgan fingerprint density at radius 2 is 1.75 bits per heavy atom. The topological polar surface area (TPSA) is 117 Å². The number of carbonyl (C=O) groups excluding carboxylic acids is 2. The van der Waals surface area contributed by atoms with Gasteiger partial charge in [-0.1, -0.05) is 18.2 Å². The van der Waals surface area contributed by atoms with Crippen molar-refractivity contribution in [2.45, 2.75) is 0 Å². The predicted molar refractivity (Wildman–Crippen MR) is 68.8 cm³/mol. The first-order valence-corrected chi connectivity index (χ1v) is 5.56. The fourth-order valence-electron chi connectivity index (χ4n) is 1.46. The summed E-state index contributed by atoms with van der Waals surface area (Å²) in [6.45, 7) is 0.